The molecule has 1 aliphatic heterocycles. The number of nitrogens with zero attached hydrogens (tertiary/aromatic N) is 1. The number of carbonyl (C=O) groups is 4. The lowest BCUT2D eigenvalue weighted by Crippen LogP contribution is -2.52. The highest BCUT2D eigenvalue weighted by molar-refractivity contribution is 5.85. The van der Waals surface area contributed by atoms with Gasteiger partial charge >= 0.3 is 18.0 Å². The van der Waals surface area contributed by atoms with Crippen molar-refractivity contribution in [3.63, 3.8) is 0 Å². The normalized spacial score (nSPS) is 15.6. The molecule has 3 rings (SSSR count). The lowest BCUT2D eigenvalue weighted by Gasteiger charge is -2.29. The molecule has 0 radical (unpaired) electrons. The molecule has 3 atom stereocenters. The van der Waals surface area contributed by atoms with Crippen LogP contribution in [0.3, 0.4) is 0 Å². The maximum atomic E-state index is 13.5. The molecule has 11 heteroatoms. The maximum absolute atomic E-state index is 13.5. The second-order valence-electron chi connectivity index (χ2n) is 10.2. The lowest BCUT2D eigenvalue weighted by molar-refractivity contribution is -0.146. The minimum Gasteiger partial charge on any atom is -0.469 e. The number of amides is 3. The van der Waals surface area contributed by atoms with Gasteiger partial charge in [-0.3, -0.25) is 9.59 Å². The standard InChI is InChI=1S/C31H42N4O7/c1-4-5-18-35(21-23(29(37)40-2)20-33-28(36)26-12-9-17-32-26)31(39)34-27(30(38)41-3)19-22-13-15-25(16-14-22)42-24-10-7-6-8-11-24/h6-8,10-11,13-16,23,26-27,32H,4-5,9,12,17-21H2,1-3H3,(H,33,36)(H,34,39)/t23-,26-,27-/m0/s1. The van der Waals surface area contributed by atoms with Crippen LogP contribution in [0.25, 0.3) is 0 Å². The number of unbranched alkanes of at least 4 members (excludes halogenated alkanes) is 1. The Labute approximate surface area is 247 Å². The van der Waals surface area contributed by atoms with Gasteiger partial charge in [0.2, 0.25) is 5.91 Å². The van der Waals surface area contributed by atoms with E-state index in [0.29, 0.717) is 24.5 Å². The Morgan fingerprint density at radius 3 is 2.29 bits per heavy atom. The first-order valence-corrected chi connectivity index (χ1v) is 14.4. The lowest BCUT2D eigenvalue weighted by atomic mass is 10.1. The molecule has 2 aromatic rings. The summed E-state index contributed by atoms with van der Waals surface area (Å²) in [6.45, 7) is 3.16. The van der Waals surface area contributed by atoms with Gasteiger partial charge in [0.05, 0.1) is 26.2 Å². The van der Waals surface area contributed by atoms with Crippen molar-refractivity contribution in [2.24, 2.45) is 5.92 Å². The van der Waals surface area contributed by atoms with Gasteiger partial charge in [0.15, 0.2) is 0 Å². The molecule has 0 aromatic heterocycles. The van der Waals surface area contributed by atoms with Crippen LogP contribution < -0.4 is 20.7 Å². The van der Waals surface area contributed by atoms with Crippen LogP contribution >= 0.6 is 0 Å². The minimum absolute atomic E-state index is 0.0102. The summed E-state index contributed by atoms with van der Waals surface area (Å²) in [6.07, 6.45) is 3.34. The van der Waals surface area contributed by atoms with Gasteiger partial charge in [-0.15, -0.1) is 0 Å². The number of hydrogen-bond donors (Lipinski definition) is 3. The fraction of sp³-hybridized carbons (Fsp3) is 0.484. The predicted octanol–water partition coefficient (Wildman–Crippen LogP) is 3.03. The van der Waals surface area contributed by atoms with E-state index in [2.05, 4.69) is 16.0 Å². The Bertz CT molecular complexity index is 1150. The minimum atomic E-state index is -0.961. The van der Waals surface area contributed by atoms with Crippen molar-refractivity contribution < 1.29 is 33.4 Å². The average molecular weight is 583 g/mol. The molecular weight excluding hydrogens is 540 g/mol. The number of nitrogens with one attached hydrogen (secondary N) is 3. The highest BCUT2D eigenvalue weighted by atomic mass is 16.5. The van der Waals surface area contributed by atoms with E-state index in [0.717, 1.165) is 31.4 Å². The summed E-state index contributed by atoms with van der Waals surface area (Å²) in [5.41, 5.74) is 0.793. The largest absolute Gasteiger partial charge is 0.469 e. The second kappa shape index (κ2) is 17.0. The smallest absolute Gasteiger partial charge is 0.328 e. The van der Waals surface area contributed by atoms with E-state index in [1.165, 1.54) is 19.1 Å². The van der Waals surface area contributed by atoms with Crippen molar-refractivity contribution in [3.05, 3.63) is 60.2 Å². The average Bonchev–Trinajstić information content (AvgIpc) is 3.56. The zero-order valence-corrected chi connectivity index (χ0v) is 24.6. The van der Waals surface area contributed by atoms with E-state index in [-0.39, 0.29) is 31.5 Å². The molecule has 228 valence electrons. The van der Waals surface area contributed by atoms with Crippen LogP contribution in [0.2, 0.25) is 0 Å². The molecule has 0 unspecified atom stereocenters. The molecule has 3 N–H and O–H groups in total. The van der Waals surface area contributed by atoms with Gasteiger partial charge in [-0.25, -0.2) is 9.59 Å². The van der Waals surface area contributed by atoms with Crippen LogP contribution in [0, 0.1) is 5.92 Å². The maximum Gasteiger partial charge on any atom is 0.328 e. The molecule has 3 amide bonds. The molecule has 0 spiro atoms. The Kier molecular flexibility index (Phi) is 13.1. The third kappa shape index (κ3) is 10.1. The first-order chi connectivity index (χ1) is 20.3. The van der Waals surface area contributed by atoms with Gasteiger partial charge in [-0.1, -0.05) is 43.7 Å². The Morgan fingerprint density at radius 2 is 1.67 bits per heavy atom. The third-order valence-electron chi connectivity index (χ3n) is 7.07. The Balaban J connectivity index is 1.66. The van der Waals surface area contributed by atoms with Crippen LogP contribution in [-0.2, 0) is 30.3 Å². The monoisotopic (exact) mass is 582 g/mol. The predicted molar refractivity (Wildman–Crippen MR) is 157 cm³/mol. The van der Waals surface area contributed by atoms with E-state index in [1.54, 1.807) is 12.1 Å². The number of methoxy groups -OCH3 is 2. The number of esters is 2. The number of rotatable bonds is 15. The van der Waals surface area contributed by atoms with Gasteiger partial charge in [0.1, 0.15) is 17.5 Å². The quantitative estimate of drug-likeness (QED) is 0.273. The van der Waals surface area contributed by atoms with E-state index in [1.807, 2.05) is 49.4 Å². The number of para-hydroxylation sites is 1. The zero-order chi connectivity index (χ0) is 30.3. The molecule has 1 saturated heterocycles. The van der Waals surface area contributed by atoms with Gasteiger partial charge in [-0.05, 0) is 55.6 Å². The SMILES string of the molecule is CCCCN(C[C@H](CNC(=O)[C@@H]1CCCN1)C(=O)OC)C(=O)N[C@@H](Cc1ccc(Oc2ccccc2)cc1)C(=O)OC. The number of hydrogen-bond acceptors (Lipinski definition) is 8. The van der Waals surface area contributed by atoms with Crippen LogP contribution in [0.15, 0.2) is 54.6 Å². The van der Waals surface area contributed by atoms with Crippen molar-refractivity contribution in [1.82, 2.24) is 20.9 Å². The Hall–Kier alpha value is -4.12. The van der Waals surface area contributed by atoms with Crippen LogP contribution in [0.1, 0.15) is 38.2 Å². The fourth-order valence-electron chi connectivity index (χ4n) is 4.66. The molecule has 2 aromatic carbocycles. The van der Waals surface area contributed by atoms with Gasteiger partial charge in [0, 0.05) is 26.1 Å². The summed E-state index contributed by atoms with van der Waals surface area (Å²) in [5.74, 6) is -0.750. The van der Waals surface area contributed by atoms with Crippen molar-refractivity contribution in [2.75, 3.05) is 40.4 Å². The molecule has 0 aliphatic carbocycles. The summed E-state index contributed by atoms with van der Waals surface area (Å²) in [7, 11) is 2.54. The summed E-state index contributed by atoms with van der Waals surface area (Å²) in [6, 6.07) is 14.9. The first-order valence-electron chi connectivity index (χ1n) is 14.4. The molecule has 42 heavy (non-hydrogen) atoms. The zero-order valence-electron chi connectivity index (χ0n) is 24.6. The van der Waals surface area contributed by atoms with E-state index in [9.17, 15) is 19.2 Å². The summed E-state index contributed by atoms with van der Waals surface area (Å²) in [4.78, 5) is 52.7. The van der Waals surface area contributed by atoms with Crippen molar-refractivity contribution >= 4 is 23.9 Å². The molecule has 1 aliphatic rings. The van der Waals surface area contributed by atoms with E-state index in [4.69, 9.17) is 14.2 Å². The molecule has 1 heterocycles. The van der Waals surface area contributed by atoms with Gasteiger partial charge < -0.3 is 35.1 Å². The highest BCUT2D eigenvalue weighted by Gasteiger charge is 2.30. The summed E-state index contributed by atoms with van der Waals surface area (Å²) in [5, 5.41) is 8.73. The third-order valence-corrected chi connectivity index (χ3v) is 7.07. The number of ether oxygens (including phenoxy) is 3. The van der Waals surface area contributed by atoms with Crippen molar-refractivity contribution in [2.45, 2.75) is 51.1 Å². The van der Waals surface area contributed by atoms with Crippen molar-refractivity contribution in [3.8, 4) is 11.5 Å². The number of urea groups is 1. The molecule has 11 nitrogen and oxygen atoms in total. The molecule has 0 saturated carbocycles. The summed E-state index contributed by atoms with van der Waals surface area (Å²) >= 11 is 0. The fourth-order valence-corrected chi connectivity index (χ4v) is 4.66. The van der Waals surface area contributed by atoms with Crippen molar-refractivity contribution in [1.29, 1.82) is 0 Å². The first kappa shape index (κ1) is 32.4. The van der Waals surface area contributed by atoms with Crippen LogP contribution in [-0.4, -0.2) is 81.3 Å². The van der Waals surface area contributed by atoms with Gasteiger partial charge in [-0.2, -0.15) is 0 Å². The molecule has 0 bridgehead atoms. The second-order valence-corrected chi connectivity index (χ2v) is 10.2. The topological polar surface area (TPSA) is 135 Å². The van der Waals surface area contributed by atoms with Gasteiger partial charge in [0.25, 0.3) is 0 Å². The van der Waals surface area contributed by atoms with E-state index >= 15 is 0 Å². The number of carbonyl (C=O) groups excluding carboxylic acids is 4. The van der Waals surface area contributed by atoms with E-state index < -0.39 is 29.9 Å². The molecular formula is C31H42N4O7. The summed E-state index contributed by atoms with van der Waals surface area (Å²) < 4.78 is 15.8. The van der Waals surface area contributed by atoms with Crippen LogP contribution in [0.4, 0.5) is 4.79 Å². The Morgan fingerprint density at radius 1 is 0.976 bits per heavy atom. The molecule has 1 fully saturated rings. The number of benzene rings is 2. The van der Waals surface area contributed by atoms with Crippen LogP contribution in [0.5, 0.6) is 11.5 Å². The highest BCUT2D eigenvalue weighted by Crippen LogP contribution is 2.21.